The Bertz CT molecular complexity index is 440. The van der Waals surface area contributed by atoms with Crippen molar-refractivity contribution in [2.45, 2.75) is 0 Å². The summed E-state index contributed by atoms with van der Waals surface area (Å²) in [4.78, 5) is 16.1. The van der Waals surface area contributed by atoms with E-state index in [1.54, 1.807) is 0 Å². The minimum Gasteiger partial charge on any atom is -0.305 e. The molecule has 4 heteroatoms. The first kappa shape index (κ1) is 6.15. The van der Waals surface area contributed by atoms with Gasteiger partial charge < -0.3 is 9.97 Å². The summed E-state index contributed by atoms with van der Waals surface area (Å²) in [6.07, 6.45) is 3.74. The largest absolute Gasteiger partial charge is 0.323 e. The number of imidazole rings is 1. The molecule has 0 saturated heterocycles. The molecular weight excluding hydrogens is 142 g/mol. The van der Waals surface area contributed by atoms with E-state index in [0.717, 1.165) is 11.0 Å². The predicted molar refractivity (Wildman–Crippen MR) is 40.1 cm³/mol. The van der Waals surface area contributed by atoms with Crippen LogP contribution in [0.5, 0.6) is 0 Å². The quantitative estimate of drug-likeness (QED) is 0.497. The highest BCUT2D eigenvalue weighted by molar-refractivity contribution is 5.71. The number of H-pyrrole nitrogens is 2. The molecule has 0 atom stereocenters. The zero-order valence-corrected chi connectivity index (χ0v) is 6.09. The van der Waals surface area contributed by atoms with Gasteiger partial charge in [0.25, 0.3) is 0 Å². The van der Waals surface area contributed by atoms with Crippen LogP contribution in [0.15, 0.2) is 23.3 Å². The number of aromatic amines is 2. The van der Waals surface area contributed by atoms with E-state index < -0.39 is 0 Å². The molecule has 0 bridgehead atoms. The van der Waals surface area contributed by atoms with Gasteiger partial charge in [0.1, 0.15) is 12.6 Å². The molecule has 2 aromatic heterocycles. The lowest BCUT2D eigenvalue weighted by atomic mass is 10.4. The number of nitrogens with zero attached hydrogens (tertiary/aromatic N) is 1. The van der Waals surface area contributed by atoms with Crippen LogP contribution in [0.1, 0.15) is 0 Å². The van der Waals surface area contributed by atoms with Crippen molar-refractivity contribution in [1.29, 1.82) is 0 Å². The number of hydrogen-bond donors (Lipinski definition) is 2. The maximum absolute atomic E-state index is 10.8. The van der Waals surface area contributed by atoms with Crippen molar-refractivity contribution in [3.05, 3.63) is 28.9 Å². The van der Waals surface area contributed by atoms with Gasteiger partial charge in [0, 0.05) is 6.07 Å². The van der Waals surface area contributed by atoms with Crippen LogP contribution in [-0.4, -0.2) is 9.97 Å². The lowest BCUT2D eigenvalue weighted by Gasteiger charge is -1.84. The lowest BCUT2D eigenvalue weighted by molar-refractivity contribution is -0.670. The van der Waals surface area contributed by atoms with Crippen LogP contribution in [0.3, 0.4) is 0 Å². The predicted octanol–water partition coefficient (Wildman–Crippen LogP) is -0.319. The number of pyridine rings is 1. The Hall–Kier alpha value is -1.58. The fourth-order valence-corrected chi connectivity index (χ4v) is 1.08. The molecule has 2 aromatic rings. The first-order valence-corrected chi connectivity index (χ1v) is 3.33. The van der Waals surface area contributed by atoms with E-state index in [2.05, 4.69) is 9.97 Å². The van der Waals surface area contributed by atoms with Crippen LogP contribution in [0.2, 0.25) is 0 Å². The minimum atomic E-state index is -0.161. The molecule has 4 nitrogen and oxygen atoms in total. The molecule has 0 amide bonds. The van der Waals surface area contributed by atoms with E-state index in [9.17, 15) is 4.79 Å². The molecule has 0 radical (unpaired) electrons. The Morgan fingerprint density at radius 3 is 2.91 bits per heavy atom. The molecule has 0 spiro atoms. The van der Waals surface area contributed by atoms with Crippen LogP contribution >= 0.6 is 0 Å². The van der Waals surface area contributed by atoms with Gasteiger partial charge >= 0.3 is 5.69 Å². The zero-order chi connectivity index (χ0) is 7.84. The van der Waals surface area contributed by atoms with Crippen LogP contribution in [0.4, 0.5) is 0 Å². The fraction of sp³-hybridized carbons (Fsp3) is 0.143. The summed E-state index contributed by atoms with van der Waals surface area (Å²) in [6, 6.07) is 1.85. The molecule has 56 valence electrons. The van der Waals surface area contributed by atoms with Crippen LogP contribution in [0, 0.1) is 0 Å². The van der Waals surface area contributed by atoms with Crippen LogP contribution in [-0.2, 0) is 7.05 Å². The summed E-state index contributed by atoms with van der Waals surface area (Å²) >= 11 is 0. The normalized spacial score (nSPS) is 10.6. The number of aromatic nitrogens is 3. The molecule has 0 unspecified atom stereocenters. The summed E-state index contributed by atoms with van der Waals surface area (Å²) in [5, 5.41) is 0. The number of fused-ring (bicyclic) bond motifs is 1. The highest BCUT2D eigenvalue weighted by Crippen LogP contribution is 1.99. The third kappa shape index (κ3) is 0.920. The highest BCUT2D eigenvalue weighted by atomic mass is 16.1. The monoisotopic (exact) mass is 150 g/mol. The molecule has 0 aromatic carbocycles. The van der Waals surface area contributed by atoms with Crippen molar-refractivity contribution < 1.29 is 4.57 Å². The van der Waals surface area contributed by atoms with Gasteiger partial charge in [-0.15, -0.1) is 0 Å². The molecule has 2 N–H and O–H groups in total. The van der Waals surface area contributed by atoms with Gasteiger partial charge in [0.05, 0.1) is 5.52 Å². The Balaban J connectivity index is 2.92. The SMILES string of the molecule is C[n+]1ccc2[nH]c(=O)[nH]c2c1. The number of hydrogen-bond acceptors (Lipinski definition) is 1. The van der Waals surface area contributed by atoms with Gasteiger partial charge in [0.2, 0.25) is 0 Å². The Kier molecular flexibility index (Phi) is 1.09. The van der Waals surface area contributed by atoms with E-state index >= 15 is 0 Å². The van der Waals surface area contributed by atoms with Crippen molar-refractivity contribution in [3.63, 3.8) is 0 Å². The van der Waals surface area contributed by atoms with Gasteiger partial charge in [-0.05, 0) is 0 Å². The standard InChI is InChI=1S/C7H7N3O/c1-10-3-2-5-6(4-10)9-7(11)8-5/h2-4H,1H3,(H,9,11)/p+1. The summed E-state index contributed by atoms with van der Waals surface area (Å²) < 4.78 is 1.88. The molecule has 11 heavy (non-hydrogen) atoms. The minimum absolute atomic E-state index is 0.161. The molecular formula is C7H8N3O+. The average Bonchev–Trinajstić information content (AvgIpc) is 2.27. The average molecular weight is 150 g/mol. The molecule has 0 saturated carbocycles. The molecule has 0 aliphatic rings. The molecule has 2 heterocycles. The van der Waals surface area contributed by atoms with Gasteiger partial charge in [-0.25, -0.2) is 9.36 Å². The van der Waals surface area contributed by atoms with E-state index in [0.29, 0.717) is 0 Å². The maximum Gasteiger partial charge on any atom is 0.323 e. The van der Waals surface area contributed by atoms with Gasteiger partial charge in [-0.1, -0.05) is 0 Å². The number of rotatable bonds is 0. The van der Waals surface area contributed by atoms with Crippen molar-refractivity contribution >= 4 is 11.0 Å². The second kappa shape index (κ2) is 1.95. The van der Waals surface area contributed by atoms with Crippen LogP contribution in [0.25, 0.3) is 11.0 Å². The topological polar surface area (TPSA) is 52.5 Å². The highest BCUT2D eigenvalue weighted by Gasteiger charge is 2.00. The smallest absolute Gasteiger partial charge is 0.305 e. The van der Waals surface area contributed by atoms with Gasteiger partial charge in [-0.3, -0.25) is 0 Å². The summed E-state index contributed by atoms with van der Waals surface area (Å²) in [5.74, 6) is 0. The fourth-order valence-electron chi connectivity index (χ4n) is 1.08. The molecule has 0 aliphatic carbocycles. The Labute approximate surface area is 62.5 Å². The molecule has 0 fully saturated rings. The second-order valence-electron chi connectivity index (χ2n) is 2.52. The Morgan fingerprint density at radius 1 is 1.36 bits per heavy atom. The first-order chi connectivity index (χ1) is 5.25. The number of aryl methyl sites for hydroxylation is 1. The van der Waals surface area contributed by atoms with E-state index in [1.807, 2.05) is 30.1 Å². The van der Waals surface area contributed by atoms with Gasteiger partial charge in [0.15, 0.2) is 12.4 Å². The summed E-state index contributed by atoms with van der Waals surface area (Å²) in [6.45, 7) is 0. The van der Waals surface area contributed by atoms with Gasteiger partial charge in [-0.2, -0.15) is 0 Å². The molecule has 0 aliphatic heterocycles. The third-order valence-electron chi connectivity index (χ3n) is 1.60. The van der Waals surface area contributed by atoms with E-state index in [-0.39, 0.29) is 5.69 Å². The third-order valence-corrected chi connectivity index (χ3v) is 1.60. The summed E-state index contributed by atoms with van der Waals surface area (Å²) in [7, 11) is 1.91. The maximum atomic E-state index is 10.8. The van der Waals surface area contributed by atoms with E-state index in [4.69, 9.17) is 0 Å². The second-order valence-corrected chi connectivity index (χ2v) is 2.52. The lowest BCUT2D eigenvalue weighted by Crippen LogP contribution is -2.25. The van der Waals surface area contributed by atoms with Crippen molar-refractivity contribution in [2.75, 3.05) is 0 Å². The van der Waals surface area contributed by atoms with Crippen molar-refractivity contribution in [1.82, 2.24) is 9.97 Å². The number of nitrogens with one attached hydrogen (secondary N) is 2. The van der Waals surface area contributed by atoms with E-state index in [1.165, 1.54) is 0 Å². The Morgan fingerprint density at radius 2 is 2.09 bits per heavy atom. The molecule has 2 rings (SSSR count). The summed E-state index contributed by atoms with van der Waals surface area (Å²) in [5.41, 5.74) is 1.51. The van der Waals surface area contributed by atoms with Crippen LogP contribution < -0.4 is 10.3 Å². The van der Waals surface area contributed by atoms with Crippen molar-refractivity contribution in [3.8, 4) is 0 Å². The first-order valence-electron chi connectivity index (χ1n) is 3.33. The van der Waals surface area contributed by atoms with Crippen molar-refractivity contribution in [2.24, 2.45) is 7.05 Å². The zero-order valence-electron chi connectivity index (χ0n) is 6.09.